The van der Waals surface area contributed by atoms with Gasteiger partial charge >= 0.3 is 0 Å². The zero-order valence-corrected chi connectivity index (χ0v) is 23.4. The fourth-order valence-corrected chi connectivity index (χ4v) is 5.38. The number of ether oxygens (including phenoxy) is 4. The summed E-state index contributed by atoms with van der Waals surface area (Å²) in [4.78, 5) is 23.6. The van der Waals surface area contributed by atoms with Crippen molar-refractivity contribution >= 4 is 45.6 Å². The highest BCUT2D eigenvalue weighted by atomic mass is 35.5. The molecule has 10 nitrogen and oxygen atoms in total. The number of nitrogens with zero attached hydrogens (tertiary/aromatic N) is 3. The Morgan fingerprint density at radius 1 is 1.14 bits per heavy atom. The van der Waals surface area contributed by atoms with Crippen molar-refractivity contribution in [1.82, 2.24) is 14.9 Å². The van der Waals surface area contributed by atoms with Gasteiger partial charge in [0.1, 0.15) is 23.7 Å². The lowest BCUT2D eigenvalue weighted by Crippen LogP contribution is -2.36. The highest BCUT2D eigenvalue weighted by Gasteiger charge is 2.36. The number of nitrogens with one attached hydrogen (secondary N) is 2. The van der Waals surface area contributed by atoms with Gasteiger partial charge < -0.3 is 29.6 Å². The number of fused-ring (bicyclic) bond motifs is 2. The molecular weight excluding hydrogens is 572 g/mol. The molecular formula is C29H30ClF2N5O5. The lowest BCUT2D eigenvalue weighted by Gasteiger charge is -2.24. The predicted molar refractivity (Wildman–Crippen MR) is 152 cm³/mol. The summed E-state index contributed by atoms with van der Waals surface area (Å²) < 4.78 is 51.7. The van der Waals surface area contributed by atoms with Crippen LogP contribution < -0.4 is 15.4 Å². The number of amides is 1. The summed E-state index contributed by atoms with van der Waals surface area (Å²) in [6.45, 7) is 4.16. The quantitative estimate of drug-likeness (QED) is 0.344. The lowest BCUT2D eigenvalue weighted by molar-refractivity contribution is -0.116. The molecule has 1 aromatic heterocycles. The molecule has 3 atom stereocenters. The molecule has 3 aliphatic heterocycles. The summed E-state index contributed by atoms with van der Waals surface area (Å²) in [6.07, 6.45) is 3.40. The molecule has 3 saturated heterocycles. The van der Waals surface area contributed by atoms with Gasteiger partial charge in [-0.25, -0.2) is 18.7 Å². The van der Waals surface area contributed by atoms with Gasteiger partial charge in [-0.15, -0.1) is 0 Å². The Hall–Kier alpha value is -3.42. The topological polar surface area (TPSA) is 107 Å². The van der Waals surface area contributed by atoms with Crippen LogP contribution in [0.15, 0.2) is 48.6 Å². The van der Waals surface area contributed by atoms with Crippen LogP contribution in [0, 0.1) is 11.7 Å². The Morgan fingerprint density at radius 3 is 2.69 bits per heavy atom. The zero-order chi connectivity index (χ0) is 29.1. The van der Waals surface area contributed by atoms with Gasteiger partial charge in [0.05, 0.1) is 54.9 Å². The van der Waals surface area contributed by atoms with Gasteiger partial charge in [0.15, 0.2) is 5.83 Å². The number of hydrogen-bond acceptors (Lipinski definition) is 9. The summed E-state index contributed by atoms with van der Waals surface area (Å²) in [6, 6.07) is 7.48. The van der Waals surface area contributed by atoms with Gasteiger partial charge in [-0.3, -0.25) is 9.69 Å². The number of anilines is 3. The summed E-state index contributed by atoms with van der Waals surface area (Å²) in [5.74, 6) is -1.47. The average molecular weight is 602 g/mol. The number of likely N-dealkylation sites (tertiary alicyclic amines) is 1. The van der Waals surface area contributed by atoms with Crippen LogP contribution in [0.2, 0.25) is 5.02 Å². The number of hydrogen-bond donors (Lipinski definition) is 2. The minimum Gasteiger partial charge on any atom is -0.491 e. The highest BCUT2D eigenvalue weighted by molar-refractivity contribution is 6.31. The minimum atomic E-state index is -0.925. The van der Waals surface area contributed by atoms with E-state index in [1.54, 1.807) is 12.1 Å². The number of benzene rings is 2. The maximum absolute atomic E-state index is 15.0. The fourth-order valence-electron chi connectivity index (χ4n) is 5.20. The molecule has 0 unspecified atom stereocenters. The fraction of sp³-hybridized carbons (Fsp3) is 0.414. The molecule has 42 heavy (non-hydrogen) atoms. The molecule has 13 heteroatoms. The normalized spacial score (nSPS) is 22.7. The van der Waals surface area contributed by atoms with Crippen LogP contribution in [0.5, 0.6) is 5.75 Å². The van der Waals surface area contributed by atoms with Crippen LogP contribution in [0.1, 0.15) is 6.42 Å². The first kappa shape index (κ1) is 28.7. The number of aromatic nitrogens is 2. The Labute approximate surface area is 245 Å². The first-order valence-electron chi connectivity index (χ1n) is 13.8. The second kappa shape index (κ2) is 12.8. The standard InChI is InChI=1S/C29H30ClF2N5O5/c30-20-9-18(1-2-21(20)31)35-28-19-10-24(25(11-23(19)33-16-34-28)42-15-17-4-6-39-14-17)36-29(38)22(32)3-5-37-12-26-27(13-37)41-8-7-40-26/h1-3,9-11,16-17,26-27H,4-8,12-15H2,(H,36,38)(H,33,34,35)/b22-3+/t17-,26-,27+/m0/s1. The van der Waals surface area contributed by atoms with Crippen molar-refractivity contribution in [3.05, 3.63) is 59.4 Å². The summed E-state index contributed by atoms with van der Waals surface area (Å²) >= 11 is 5.94. The maximum atomic E-state index is 15.0. The van der Waals surface area contributed by atoms with Crippen LogP contribution in [0.4, 0.5) is 26.0 Å². The predicted octanol–water partition coefficient (Wildman–Crippen LogP) is 4.47. The van der Waals surface area contributed by atoms with E-state index in [0.717, 1.165) is 6.42 Å². The molecule has 2 N–H and O–H groups in total. The Kier molecular flexibility index (Phi) is 8.77. The molecule has 222 valence electrons. The van der Waals surface area contributed by atoms with Gasteiger partial charge in [-0.1, -0.05) is 11.6 Å². The van der Waals surface area contributed by atoms with E-state index in [1.807, 2.05) is 4.90 Å². The molecule has 4 heterocycles. The molecule has 3 aromatic rings. The molecule has 0 bridgehead atoms. The second-order valence-electron chi connectivity index (χ2n) is 10.4. The van der Waals surface area contributed by atoms with Crippen molar-refractivity contribution in [3.8, 4) is 5.75 Å². The Morgan fingerprint density at radius 2 is 1.95 bits per heavy atom. The van der Waals surface area contributed by atoms with E-state index in [9.17, 15) is 9.18 Å². The third kappa shape index (κ3) is 6.63. The van der Waals surface area contributed by atoms with E-state index in [-0.39, 0.29) is 35.4 Å². The van der Waals surface area contributed by atoms with Crippen LogP contribution >= 0.6 is 11.6 Å². The van der Waals surface area contributed by atoms with E-state index in [0.29, 0.717) is 74.3 Å². The average Bonchev–Trinajstić information content (AvgIpc) is 3.67. The lowest BCUT2D eigenvalue weighted by atomic mass is 10.1. The van der Waals surface area contributed by atoms with Gasteiger partial charge in [0, 0.05) is 49.3 Å². The number of carbonyl (C=O) groups excluding carboxylic acids is 1. The maximum Gasteiger partial charge on any atom is 0.284 e. The number of carbonyl (C=O) groups is 1. The molecule has 0 saturated carbocycles. The molecule has 2 aromatic carbocycles. The van der Waals surface area contributed by atoms with Crippen molar-refractivity contribution in [2.75, 3.05) is 63.3 Å². The van der Waals surface area contributed by atoms with Crippen LogP contribution in [-0.4, -0.2) is 85.7 Å². The van der Waals surface area contributed by atoms with Crippen LogP contribution in [-0.2, 0) is 19.0 Å². The molecule has 0 radical (unpaired) electrons. The molecule has 0 aliphatic carbocycles. The van der Waals surface area contributed by atoms with Gasteiger partial charge in [-0.2, -0.15) is 0 Å². The second-order valence-corrected chi connectivity index (χ2v) is 10.8. The molecule has 3 fully saturated rings. The van der Waals surface area contributed by atoms with Crippen LogP contribution in [0.25, 0.3) is 10.9 Å². The Balaban J connectivity index is 1.23. The van der Waals surface area contributed by atoms with Crippen LogP contribution in [0.3, 0.4) is 0 Å². The number of rotatable bonds is 9. The van der Waals surface area contributed by atoms with Gasteiger partial charge in [0.2, 0.25) is 0 Å². The molecule has 1 amide bonds. The SMILES string of the molecule is O=C(Nc1cc2c(Nc3ccc(F)c(Cl)c3)ncnc2cc1OC[C@H]1CCOC1)/C(F)=C\CN1C[C@@H]2OCCO[C@@H]2C1. The van der Waals surface area contributed by atoms with Gasteiger partial charge in [-0.05, 0) is 36.8 Å². The zero-order valence-electron chi connectivity index (χ0n) is 22.7. The van der Waals surface area contributed by atoms with Crippen molar-refractivity contribution in [1.29, 1.82) is 0 Å². The molecule has 3 aliphatic rings. The first-order valence-corrected chi connectivity index (χ1v) is 14.1. The smallest absolute Gasteiger partial charge is 0.284 e. The largest absolute Gasteiger partial charge is 0.491 e. The number of halogens is 3. The van der Waals surface area contributed by atoms with E-state index in [2.05, 4.69) is 20.6 Å². The van der Waals surface area contributed by atoms with Crippen molar-refractivity contribution in [2.24, 2.45) is 5.92 Å². The highest BCUT2D eigenvalue weighted by Crippen LogP contribution is 2.35. The Bertz CT molecular complexity index is 1470. The summed E-state index contributed by atoms with van der Waals surface area (Å²) in [7, 11) is 0. The minimum absolute atomic E-state index is 0.0393. The van der Waals surface area contributed by atoms with Crippen molar-refractivity contribution in [3.63, 3.8) is 0 Å². The van der Waals surface area contributed by atoms with Crippen molar-refractivity contribution in [2.45, 2.75) is 18.6 Å². The molecule has 0 spiro atoms. The molecule has 6 rings (SSSR count). The summed E-state index contributed by atoms with van der Waals surface area (Å²) in [5.41, 5.74) is 1.27. The van der Waals surface area contributed by atoms with E-state index in [1.165, 1.54) is 30.6 Å². The van der Waals surface area contributed by atoms with E-state index < -0.39 is 17.6 Å². The third-order valence-corrected chi connectivity index (χ3v) is 7.74. The third-order valence-electron chi connectivity index (χ3n) is 7.45. The summed E-state index contributed by atoms with van der Waals surface area (Å²) in [5, 5.41) is 6.23. The monoisotopic (exact) mass is 601 g/mol. The van der Waals surface area contributed by atoms with E-state index >= 15 is 4.39 Å². The van der Waals surface area contributed by atoms with Crippen molar-refractivity contribution < 1.29 is 32.5 Å². The van der Waals surface area contributed by atoms with Gasteiger partial charge in [0.25, 0.3) is 5.91 Å². The first-order chi connectivity index (χ1) is 20.4. The van der Waals surface area contributed by atoms with E-state index in [4.69, 9.17) is 30.5 Å².